The lowest BCUT2D eigenvalue weighted by atomic mass is 10.2. The lowest BCUT2D eigenvalue weighted by molar-refractivity contribution is -0.113. The number of hydrogen-bond acceptors (Lipinski definition) is 6. The number of ether oxygens (including phenoxy) is 3. The van der Waals surface area contributed by atoms with Crippen LogP contribution in [0.15, 0.2) is 45.8 Å². The summed E-state index contributed by atoms with van der Waals surface area (Å²) in [5.74, 6) is 1.75. The van der Waals surface area contributed by atoms with Crippen molar-refractivity contribution in [2.75, 3.05) is 55.5 Å². The second-order valence-electron chi connectivity index (χ2n) is 6.40. The first kappa shape index (κ1) is 19.4. The van der Waals surface area contributed by atoms with Crippen molar-refractivity contribution < 1.29 is 19.0 Å². The fourth-order valence-electron chi connectivity index (χ4n) is 3.14. The third kappa shape index (κ3) is 4.74. The van der Waals surface area contributed by atoms with Gasteiger partial charge in [-0.2, -0.15) is 0 Å². The fourth-order valence-corrected chi connectivity index (χ4v) is 4.22. The maximum Gasteiger partial charge on any atom is 0.234 e. The molecular formula is C20H21BrN2O4S. The molecule has 2 aromatic rings. The van der Waals surface area contributed by atoms with Crippen molar-refractivity contribution >= 4 is 45.0 Å². The molecule has 148 valence electrons. The standard InChI is InChI=1S/C20H21BrN2O4S/c21-14-1-3-17(23-5-7-25-8-6-23)16(11-14)22-20(24)13-28-15-2-4-18-19(12-15)27-10-9-26-18/h1-4,11-12H,5-10,13H2,(H,22,24). The van der Waals surface area contributed by atoms with Gasteiger partial charge in [0.05, 0.1) is 30.3 Å². The van der Waals surface area contributed by atoms with Gasteiger partial charge < -0.3 is 24.4 Å². The van der Waals surface area contributed by atoms with E-state index in [2.05, 4.69) is 26.1 Å². The Morgan fingerprint density at radius 2 is 1.82 bits per heavy atom. The third-order valence-electron chi connectivity index (χ3n) is 4.47. The van der Waals surface area contributed by atoms with Gasteiger partial charge in [0.15, 0.2) is 11.5 Å². The Hall–Kier alpha value is -1.90. The summed E-state index contributed by atoms with van der Waals surface area (Å²) in [4.78, 5) is 15.8. The minimum Gasteiger partial charge on any atom is -0.486 e. The van der Waals surface area contributed by atoms with Gasteiger partial charge in [-0.3, -0.25) is 4.79 Å². The second kappa shape index (κ2) is 9.07. The molecular weight excluding hydrogens is 444 g/mol. The largest absolute Gasteiger partial charge is 0.486 e. The molecule has 0 saturated carbocycles. The van der Waals surface area contributed by atoms with E-state index in [4.69, 9.17) is 14.2 Å². The minimum atomic E-state index is -0.0486. The third-order valence-corrected chi connectivity index (χ3v) is 5.96. The van der Waals surface area contributed by atoms with Crippen molar-refractivity contribution in [3.8, 4) is 11.5 Å². The van der Waals surface area contributed by atoms with Gasteiger partial charge in [0.1, 0.15) is 13.2 Å². The van der Waals surface area contributed by atoms with Crippen molar-refractivity contribution in [2.24, 2.45) is 0 Å². The number of nitrogens with zero attached hydrogens (tertiary/aromatic N) is 1. The van der Waals surface area contributed by atoms with Crippen molar-refractivity contribution in [2.45, 2.75) is 4.90 Å². The minimum absolute atomic E-state index is 0.0486. The predicted octanol–water partition coefficient (Wildman–Crippen LogP) is 3.79. The normalized spacial score (nSPS) is 16.0. The summed E-state index contributed by atoms with van der Waals surface area (Å²) in [6.45, 7) is 4.15. The first-order valence-electron chi connectivity index (χ1n) is 9.13. The van der Waals surface area contributed by atoms with Crippen LogP contribution in [-0.2, 0) is 9.53 Å². The number of morpholine rings is 1. The number of amides is 1. The number of anilines is 2. The number of hydrogen-bond donors (Lipinski definition) is 1. The Bertz CT molecular complexity index is 858. The van der Waals surface area contributed by atoms with Crippen LogP contribution in [0.25, 0.3) is 0 Å². The molecule has 0 bridgehead atoms. The number of fused-ring (bicyclic) bond motifs is 1. The van der Waals surface area contributed by atoms with E-state index < -0.39 is 0 Å². The van der Waals surface area contributed by atoms with E-state index in [1.807, 2.05) is 36.4 Å². The van der Waals surface area contributed by atoms with Crippen molar-refractivity contribution in [1.29, 1.82) is 0 Å². The van der Waals surface area contributed by atoms with E-state index in [0.717, 1.165) is 45.3 Å². The number of thioether (sulfide) groups is 1. The molecule has 0 spiro atoms. The van der Waals surface area contributed by atoms with Crippen molar-refractivity contribution in [3.05, 3.63) is 40.9 Å². The molecule has 8 heteroatoms. The molecule has 0 atom stereocenters. The number of carbonyl (C=O) groups is 1. The predicted molar refractivity (Wildman–Crippen MR) is 114 cm³/mol. The molecule has 6 nitrogen and oxygen atoms in total. The second-order valence-corrected chi connectivity index (χ2v) is 8.37. The number of rotatable bonds is 5. The van der Waals surface area contributed by atoms with Gasteiger partial charge >= 0.3 is 0 Å². The Labute approximate surface area is 176 Å². The molecule has 4 rings (SSSR count). The maximum atomic E-state index is 12.6. The van der Waals surface area contributed by atoms with E-state index in [9.17, 15) is 4.79 Å². The molecule has 0 aliphatic carbocycles. The average Bonchev–Trinajstić information content (AvgIpc) is 2.73. The summed E-state index contributed by atoms with van der Waals surface area (Å²) in [6, 6.07) is 11.7. The first-order chi connectivity index (χ1) is 13.7. The van der Waals surface area contributed by atoms with Gasteiger partial charge in [-0.25, -0.2) is 0 Å². The Morgan fingerprint density at radius 1 is 1.04 bits per heavy atom. The molecule has 1 fully saturated rings. The van der Waals surface area contributed by atoms with Crippen molar-refractivity contribution in [1.82, 2.24) is 0 Å². The molecule has 2 aromatic carbocycles. The van der Waals surface area contributed by atoms with Gasteiger partial charge in [-0.05, 0) is 36.4 Å². The highest BCUT2D eigenvalue weighted by molar-refractivity contribution is 9.10. The zero-order valence-corrected chi connectivity index (χ0v) is 17.7. The highest BCUT2D eigenvalue weighted by Crippen LogP contribution is 2.34. The van der Waals surface area contributed by atoms with Crippen LogP contribution < -0.4 is 19.7 Å². The zero-order chi connectivity index (χ0) is 19.3. The molecule has 1 N–H and O–H groups in total. The number of nitrogens with one attached hydrogen (secondary N) is 1. The monoisotopic (exact) mass is 464 g/mol. The SMILES string of the molecule is O=C(CSc1ccc2c(c1)OCCO2)Nc1cc(Br)ccc1N1CCOCC1. The zero-order valence-electron chi connectivity index (χ0n) is 15.3. The van der Waals surface area contributed by atoms with Crippen LogP contribution >= 0.6 is 27.7 Å². The van der Waals surface area contributed by atoms with Gasteiger partial charge in [0, 0.05) is 22.5 Å². The molecule has 1 amide bonds. The van der Waals surface area contributed by atoms with E-state index in [1.54, 1.807) is 0 Å². The summed E-state index contributed by atoms with van der Waals surface area (Å²) in [6.07, 6.45) is 0. The van der Waals surface area contributed by atoms with Gasteiger partial charge in [-0.15, -0.1) is 11.8 Å². The fraction of sp³-hybridized carbons (Fsp3) is 0.350. The highest BCUT2D eigenvalue weighted by Gasteiger charge is 2.17. The molecule has 0 unspecified atom stereocenters. The average molecular weight is 465 g/mol. The van der Waals surface area contributed by atoms with Crippen LogP contribution in [0.4, 0.5) is 11.4 Å². The van der Waals surface area contributed by atoms with Crippen LogP contribution in [0.2, 0.25) is 0 Å². The maximum absolute atomic E-state index is 12.6. The van der Waals surface area contributed by atoms with Gasteiger partial charge in [-0.1, -0.05) is 15.9 Å². The summed E-state index contributed by atoms with van der Waals surface area (Å²) in [5, 5.41) is 3.05. The van der Waals surface area contributed by atoms with Gasteiger partial charge in [0.2, 0.25) is 5.91 Å². The van der Waals surface area contributed by atoms with Crippen LogP contribution in [0.1, 0.15) is 0 Å². The molecule has 28 heavy (non-hydrogen) atoms. The summed E-state index contributed by atoms with van der Waals surface area (Å²) in [5.41, 5.74) is 1.83. The number of benzene rings is 2. The molecule has 2 aliphatic heterocycles. The summed E-state index contributed by atoms with van der Waals surface area (Å²) < 4.78 is 17.5. The van der Waals surface area contributed by atoms with Crippen molar-refractivity contribution in [3.63, 3.8) is 0 Å². The topological polar surface area (TPSA) is 60.0 Å². The van der Waals surface area contributed by atoms with Crippen LogP contribution in [0.5, 0.6) is 11.5 Å². The quantitative estimate of drug-likeness (QED) is 0.679. The van der Waals surface area contributed by atoms with Crippen LogP contribution in [0.3, 0.4) is 0 Å². The Balaban J connectivity index is 1.40. The lowest BCUT2D eigenvalue weighted by Crippen LogP contribution is -2.36. The highest BCUT2D eigenvalue weighted by atomic mass is 79.9. The summed E-state index contributed by atoms with van der Waals surface area (Å²) >= 11 is 4.97. The van der Waals surface area contributed by atoms with Gasteiger partial charge in [0.25, 0.3) is 0 Å². The smallest absolute Gasteiger partial charge is 0.234 e. The molecule has 2 heterocycles. The molecule has 2 aliphatic rings. The first-order valence-corrected chi connectivity index (χ1v) is 10.9. The number of carbonyl (C=O) groups excluding carboxylic acids is 1. The molecule has 1 saturated heterocycles. The van der Waals surface area contributed by atoms with E-state index in [0.29, 0.717) is 32.2 Å². The summed E-state index contributed by atoms with van der Waals surface area (Å²) in [7, 11) is 0. The Kier molecular flexibility index (Phi) is 6.29. The number of halogens is 1. The van der Waals surface area contributed by atoms with E-state index in [-0.39, 0.29) is 5.91 Å². The molecule has 0 radical (unpaired) electrons. The van der Waals surface area contributed by atoms with E-state index in [1.165, 1.54) is 11.8 Å². The van der Waals surface area contributed by atoms with E-state index >= 15 is 0 Å². The van der Waals surface area contributed by atoms with Crippen LogP contribution in [-0.4, -0.2) is 51.2 Å². The lowest BCUT2D eigenvalue weighted by Gasteiger charge is -2.30. The molecule has 0 aromatic heterocycles. The Morgan fingerprint density at radius 3 is 2.64 bits per heavy atom. The van der Waals surface area contributed by atoms with Crippen LogP contribution in [0, 0.1) is 0 Å².